The second-order valence-electron chi connectivity index (χ2n) is 5.83. The molecule has 1 aromatic rings. The third kappa shape index (κ3) is 4.80. The normalized spacial score (nSPS) is 13.8. The third-order valence-corrected chi connectivity index (χ3v) is 5.05. The van der Waals surface area contributed by atoms with Gasteiger partial charge in [-0.1, -0.05) is 13.8 Å². The summed E-state index contributed by atoms with van der Waals surface area (Å²) < 4.78 is 25.1. The lowest BCUT2D eigenvalue weighted by molar-refractivity contribution is 0.520. The fraction of sp³-hybridized carbons (Fsp3) is 0.600. The fourth-order valence-electron chi connectivity index (χ4n) is 1.87. The van der Waals surface area contributed by atoms with Crippen molar-refractivity contribution in [3.63, 3.8) is 0 Å². The molecule has 0 saturated heterocycles. The Morgan fingerprint density at radius 1 is 1.05 bits per heavy atom. The zero-order valence-electron chi connectivity index (χ0n) is 13.1. The van der Waals surface area contributed by atoms with Crippen LogP contribution in [0.2, 0.25) is 0 Å². The summed E-state index contributed by atoms with van der Waals surface area (Å²) in [6, 6.07) is 7.32. The van der Waals surface area contributed by atoms with Crippen molar-refractivity contribution in [2.45, 2.75) is 44.6 Å². The van der Waals surface area contributed by atoms with Gasteiger partial charge in [0.2, 0.25) is 10.0 Å². The number of sulfonamides is 1. The number of rotatable bonds is 7. The van der Waals surface area contributed by atoms with Crippen LogP contribution in [-0.4, -0.2) is 32.9 Å². The van der Waals surface area contributed by atoms with Crippen molar-refractivity contribution in [3.8, 4) is 0 Å². The van der Waals surface area contributed by atoms with Gasteiger partial charge >= 0.3 is 0 Å². The lowest BCUT2D eigenvalue weighted by Crippen LogP contribution is -2.22. The average Bonchev–Trinajstić information content (AvgIpc) is 2.37. The van der Waals surface area contributed by atoms with Crippen molar-refractivity contribution >= 4 is 15.7 Å². The zero-order chi connectivity index (χ0) is 15.3. The quantitative estimate of drug-likeness (QED) is 0.841. The maximum atomic E-state index is 11.9. The van der Waals surface area contributed by atoms with Crippen LogP contribution in [-0.2, 0) is 10.0 Å². The van der Waals surface area contributed by atoms with Crippen molar-refractivity contribution in [1.82, 2.24) is 4.31 Å². The lowest BCUT2D eigenvalue weighted by atomic mass is 10.0. The number of nitrogens with zero attached hydrogens (tertiary/aromatic N) is 1. The van der Waals surface area contributed by atoms with Crippen LogP contribution in [0.25, 0.3) is 0 Å². The van der Waals surface area contributed by atoms with Gasteiger partial charge in [0, 0.05) is 25.8 Å². The van der Waals surface area contributed by atoms with Gasteiger partial charge in [-0.05, 0) is 49.9 Å². The molecule has 0 radical (unpaired) electrons. The van der Waals surface area contributed by atoms with Gasteiger partial charge in [-0.15, -0.1) is 0 Å². The van der Waals surface area contributed by atoms with Crippen LogP contribution >= 0.6 is 0 Å². The minimum Gasteiger partial charge on any atom is -0.383 e. The van der Waals surface area contributed by atoms with E-state index < -0.39 is 10.0 Å². The summed E-state index contributed by atoms with van der Waals surface area (Å²) in [7, 11) is -0.264. The third-order valence-electron chi connectivity index (χ3n) is 3.22. The highest BCUT2D eigenvalue weighted by Gasteiger charge is 2.16. The summed E-state index contributed by atoms with van der Waals surface area (Å²) in [5.74, 6) is 0.701. The Bertz CT molecular complexity index is 507. The molecule has 0 aliphatic carbocycles. The van der Waals surface area contributed by atoms with E-state index in [9.17, 15) is 8.42 Å². The predicted molar refractivity (Wildman–Crippen MR) is 84.5 cm³/mol. The van der Waals surface area contributed by atoms with Gasteiger partial charge in [-0.3, -0.25) is 0 Å². The molecule has 0 saturated carbocycles. The Morgan fingerprint density at radius 2 is 1.60 bits per heavy atom. The van der Waals surface area contributed by atoms with E-state index in [1.165, 1.54) is 24.8 Å². The summed E-state index contributed by atoms with van der Waals surface area (Å²) >= 11 is 0. The first kappa shape index (κ1) is 17.0. The first-order chi connectivity index (χ1) is 9.23. The van der Waals surface area contributed by atoms with E-state index >= 15 is 0 Å². The van der Waals surface area contributed by atoms with E-state index in [0.29, 0.717) is 16.9 Å². The second kappa shape index (κ2) is 7.09. The maximum absolute atomic E-state index is 11.9. The van der Waals surface area contributed by atoms with Crippen LogP contribution in [0.15, 0.2) is 29.2 Å². The molecule has 0 aromatic heterocycles. The molecule has 1 aromatic carbocycles. The molecule has 0 fully saturated rings. The SMILES string of the molecule is CC(C)CCC(C)Nc1ccc(S(=O)(=O)N(C)C)cc1. The highest BCUT2D eigenvalue weighted by Crippen LogP contribution is 2.18. The summed E-state index contributed by atoms with van der Waals surface area (Å²) in [5.41, 5.74) is 0.957. The molecule has 0 bridgehead atoms. The van der Waals surface area contributed by atoms with Crippen molar-refractivity contribution in [3.05, 3.63) is 24.3 Å². The second-order valence-corrected chi connectivity index (χ2v) is 7.98. The first-order valence-corrected chi connectivity index (χ1v) is 8.46. The Kier molecular flexibility index (Phi) is 6.02. The molecule has 114 valence electrons. The van der Waals surface area contributed by atoms with Gasteiger partial charge in [0.05, 0.1) is 4.90 Å². The monoisotopic (exact) mass is 298 g/mol. The molecule has 5 heteroatoms. The molecule has 1 N–H and O–H groups in total. The number of anilines is 1. The van der Waals surface area contributed by atoms with Crippen LogP contribution in [0.4, 0.5) is 5.69 Å². The smallest absolute Gasteiger partial charge is 0.242 e. The van der Waals surface area contributed by atoms with Crippen molar-refractivity contribution in [1.29, 1.82) is 0 Å². The van der Waals surface area contributed by atoms with Crippen LogP contribution in [0, 0.1) is 5.92 Å². The average molecular weight is 298 g/mol. The molecule has 4 nitrogen and oxygen atoms in total. The van der Waals surface area contributed by atoms with Gasteiger partial charge in [0.25, 0.3) is 0 Å². The summed E-state index contributed by atoms with van der Waals surface area (Å²) in [6.45, 7) is 6.58. The fourth-order valence-corrected chi connectivity index (χ4v) is 2.78. The van der Waals surface area contributed by atoms with E-state index in [-0.39, 0.29) is 0 Å². The molecule has 0 aliphatic heterocycles. The van der Waals surface area contributed by atoms with E-state index in [4.69, 9.17) is 0 Å². The largest absolute Gasteiger partial charge is 0.383 e. The summed E-state index contributed by atoms with van der Waals surface area (Å²) in [5, 5.41) is 3.40. The van der Waals surface area contributed by atoms with Crippen molar-refractivity contribution in [2.24, 2.45) is 5.92 Å². The van der Waals surface area contributed by atoms with E-state index in [0.717, 1.165) is 12.1 Å². The molecule has 0 spiro atoms. The van der Waals surface area contributed by atoms with E-state index in [1.54, 1.807) is 12.1 Å². The summed E-state index contributed by atoms with van der Waals surface area (Å²) in [4.78, 5) is 0.322. The molecule has 0 amide bonds. The summed E-state index contributed by atoms with van der Waals surface area (Å²) in [6.07, 6.45) is 2.29. The maximum Gasteiger partial charge on any atom is 0.242 e. The first-order valence-electron chi connectivity index (χ1n) is 7.02. The van der Waals surface area contributed by atoms with Crippen LogP contribution in [0.1, 0.15) is 33.6 Å². The van der Waals surface area contributed by atoms with Gasteiger partial charge in [-0.2, -0.15) is 0 Å². The molecule has 0 aliphatic rings. The highest BCUT2D eigenvalue weighted by atomic mass is 32.2. The molecule has 1 rings (SSSR count). The molecular formula is C15H26N2O2S. The molecule has 1 atom stereocenters. The topological polar surface area (TPSA) is 49.4 Å². The Hall–Kier alpha value is -1.07. The van der Waals surface area contributed by atoms with Crippen molar-refractivity contribution < 1.29 is 8.42 Å². The van der Waals surface area contributed by atoms with Crippen molar-refractivity contribution in [2.75, 3.05) is 19.4 Å². The molecule has 1 unspecified atom stereocenters. The Labute approximate surface area is 123 Å². The molecule has 20 heavy (non-hydrogen) atoms. The van der Waals surface area contributed by atoms with Gasteiger partial charge < -0.3 is 5.32 Å². The number of hydrogen-bond acceptors (Lipinski definition) is 3. The van der Waals surface area contributed by atoms with E-state index in [1.807, 2.05) is 12.1 Å². The standard InChI is InChI=1S/C15H26N2O2S/c1-12(2)6-7-13(3)16-14-8-10-15(11-9-14)20(18,19)17(4)5/h8-13,16H,6-7H2,1-5H3. The molecular weight excluding hydrogens is 272 g/mol. The van der Waals surface area contributed by atoms with E-state index in [2.05, 4.69) is 26.1 Å². The number of hydrogen-bond donors (Lipinski definition) is 1. The lowest BCUT2D eigenvalue weighted by Gasteiger charge is -2.17. The molecule has 0 heterocycles. The van der Waals surface area contributed by atoms with Gasteiger partial charge in [-0.25, -0.2) is 12.7 Å². The minimum absolute atomic E-state index is 0.322. The predicted octanol–water partition coefficient (Wildman–Crippen LogP) is 3.17. The minimum atomic E-state index is -3.34. The number of nitrogens with one attached hydrogen (secondary N) is 1. The number of benzene rings is 1. The van der Waals surface area contributed by atoms with Crippen LogP contribution in [0.5, 0.6) is 0 Å². The highest BCUT2D eigenvalue weighted by molar-refractivity contribution is 7.89. The van der Waals surface area contributed by atoms with Gasteiger partial charge in [0.1, 0.15) is 0 Å². The Morgan fingerprint density at radius 3 is 2.05 bits per heavy atom. The Balaban J connectivity index is 2.68. The van der Waals surface area contributed by atoms with Gasteiger partial charge in [0.15, 0.2) is 0 Å². The zero-order valence-corrected chi connectivity index (χ0v) is 13.9. The van der Waals surface area contributed by atoms with Crippen LogP contribution in [0.3, 0.4) is 0 Å². The van der Waals surface area contributed by atoms with Crippen LogP contribution < -0.4 is 5.32 Å².